The molecule has 0 heterocycles. The van der Waals surface area contributed by atoms with Crippen LogP contribution in [0.4, 0.5) is 26.1 Å². The van der Waals surface area contributed by atoms with Gasteiger partial charge in [0.05, 0.1) is 12.4 Å². The molecule has 0 unspecified atom stereocenters. The molecule has 1 rings (SSSR count). The number of halogens is 6. The molecule has 1 aromatic carbocycles. The third kappa shape index (κ3) is 7.89. The summed E-state index contributed by atoms with van der Waals surface area (Å²) in [6, 6.07) is 4.51. The first-order valence-electron chi connectivity index (χ1n) is 5.26. The molecule has 10 heteroatoms. The van der Waals surface area contributed by atoms with Crippen LogP contribution >= 0.6 is 0 Å². The van der Waals surface area contributed by atoms with Gasteiger partial charge in [0.25, 0.3) is 0 Å². The van der Waals surface area contributed by atoms with Crippen LogP contribution in [0, 0.1) is 0 Å². The predicted octanol–water partition coefficient (Wildman–Crippen LogP) is -0.297. The van der Waals surface area contributed by atoms with E-state index in [0.29, 0.717) is 0 Å². The second-order valence-corrected chi connectivity index (χ2v) is 3.63. The molecular formula is C10H10BF6KO2. The van der Waals surface area contributed by atoms with Gasteiger partial charge in [-0.05, 0) is 6.07 Å². The van der Waals surface area contributed by atoms with Crippen molar-refractivity contribution in [2.24, 2.45) is 0 Å². The molecule has 0 atom stereocenters. The molecule has 108 valence electrons. The monoisotopic (exact) mass is 326 g/mol. The van der Waals surface area contributed by atoms with Crippen molar-refractivity contribution in [2.75, 3.05) is 19.8 Å². The van der Waals surface area contributed by atoms with Crippen molar-refractivity contribution in [2.45, 2.75) is 6.18 Å². The summed E-state index contributed by atoms with van der Waals surface area (Å²) in [5.41, 5.74) is -0.918. The quantitative estimate of drug-likeness (QED) is 0.406. The topological polar surface area (TPSA) is 18.5 Å². The van der Waals surface area contributed by atoms with Gasteiger partial charge in [-0.15, -0.1) is 0 Å². The van der Waals surface area contributed by atoms with Crippen molar-refractivity contribution < 1.29 is 87.0 Å². The molecular weight excluding hydrogens is 316 g/mol. The molecule has 0 aliphatic rings. The summed E-state index contributed by atoms with van der Waals surface area (Å²) < 4.78 is 81.9. The smallest absolute Gasteiger partial charge is 0.494 e. The number of para-hydroxylation sites is 1. The molecule has 0 fully saturated rings. The van der Waals surface area contributed by atoms with Crippen LogP contribution in [-0.2, 0) is 4.74 Å². The third-order valence-electron chi connectivity index (χ3n) is 2.02. The third-order valence-corrected chi connectivity index (χ3v) is 2.02. The Balaban J connectivity index is 0.00000361. The van der Waals surface area contributed by atoms with E-state index in [9.17, 15) is 26.1 Å². The Morgan fingerprint density at radius 3 is 2.15 bits per heavy atom. The fourth-order valence-corrected chi connectivity index (χ4v) is 1.28. The summed E-state index contributed by atoms with van der Waals surface area (Å²) in [6.45, 7) is -7.52. The van der Waals surface area contributed by atoms with Crippen molar-refractivity contribution in [1.29, 1.82) is 0 Å². The molecule has 0 bridgehead atoms. The van der Waals surface area contributed by atoms with Crippen molar-refractivity contribution in [3.05, 3.63) is 24.3 Å². The van der Waals surface area contributed by atoms with Gasteiger partial charge in [-0.2, -0.15) is 13.2 Å². The van der Waals surface area contributed by atoms with E-state index in [0.717, 1.165) is 12.1 Å². The zero-order valence-corrected chi connectivity index (χ0v) is 13.7. The van der Waals surface area contributed by atoms with Gasteiger partial charge in [0.2, 0.25) is 0 Å². The molecule has 0 spiro atoms. The molecule has 0 aliphatic heterocycles. The van der Waals surface area contributed by atoms with E-state index >= 15 is 0 Å². The standard InChI is InChI=1S/C10H10BF6O2.K/c12-10(13,14)7-18-5-6-19-9-4-2-1-3-8(9)11(15,16)17;/h1-4H,5-7H2;/q-1;+1. The van der Waals surface area contributed by atoms with E-state index in [-0.39, 0.29) is 58.0 Å². The largest absolute Gasteiger partial charge is 1.00 e. The Morgan fingerprint density at radius 2 is 1.60 bits per heavy atom. The van der Waals surface area contributed by atoms with E-state index in [1.807, 2.05) is 0 Å². The van der Waals surface area contributed by atoms with Gasteiger partial charge in [-0.25, -0.2) is 0 Å². The fourth-order valence-electron chi connectivity index (χ4n) is 1.28. The normalized spacial score (nSPS) is 11.9. The van der Waals surface area contributed by atoms with E-state index in [4.69, 9.17) is 4.74 Å². The predicted molar refractivity (Wildman–Crippen MR) is 57.5 cm³/mol. The molecule has 0 aliphatic carbocycles. The number of benzene rings is 1. The zero-order valence-electron chi connectivity index (χ0n) is 10.6. The van der Waals surface area contributed by atoms with Crippen LogP contribution in [0.5, 0.6) is 5.75 Å². The van der Waals surface area contributed by atoms with Gasteiger partial charge in [0.15, 0.2) is 0 Å². The SMILES string of the molecule is F[B-](F)(F)c1ccccc1OCCOCC(F)(F)F.[K+]. The van der Waals surface area contributed by atoms with Gasteiger partial charge in [0.1, 0.15) is 13.2 Å². The van der Waals surface area contributed by atoms with Crippen LogP contribution in [0.3, 0.4) is 0 Å². The number of hydrogen-bond donors (Lipinski definition) is 0. The van der Waals surface area contributed by atoms with Gasteiger partial charge in [-0.1, -0.05) is 23.7 Å². The number of alkyl halides is 3. The second-order valence-electron chi connectivity index (χ2n) is 3.63. The summed E-state index contributed by atoms with van der Waals surface area (Å²) in [7, 11) is 0. The first kappa shape index (κ1) is 20.3. The van der Waals surface area contributed by atoms with Crippen molar-refractivity contribution in [3.8, 4) is 5.75 Å². The molecule has 0 radical (unpaired) electrons. The average molecular weight is 326 g/mol. The van der Waals surface area contributed by atoms with Gasteiger partial charge >= 0.3 is 64.5 Å². The average Bonchev–Trinajstić information content (AvgIpc) is 2.26. The summed E-state index contributed by atoms with van der Waals surface area (Å²) in [6.07, 6.45) is -4.47. The van der Waals surface area contributed by atoms with Crippen molar-refractivity contribution >= 4 is 12.4 Å². The Bertz CT molecular complexity index is 409. The Morgan fingerprint density at radius 1 is 1.00 bits per heavy atom. The fraction of sp³-hybridized carbons (Fsp3) is 0.400. The molecule has 0 saturated carbocycles. The maximum absolute atomic E-state index is 12.6. The minimum Gasteiger partial charge on any atom is -0.494 e. The van der Waals surface area contributed by atoms with Crippen LogP contribution in [0.25, 0.3) is 0 Å². The molecule has 0 amide bonds. The van der Waals surface area contributed by atoms with E-state index in [1.54, 1.807) is 0 Å². The molecule has 0 saturated heterocycles. The Labute approximate surface area is 154 Å². The van der Waals surface area contributed by atoms with E-state index < -0.39 is 37.6 Å². The first-order chi connectivity index (χ1) is 8.70. The van der Waals surface area contributed by atoms with E-state index in [2.05, 4.69) is 4.74 Å². The maximum Gasteiger partial charge on any atom is 1.00 e. The Hall–Kier alpha value is 0.261. The number of hydrogen-bond acceptors (Lipinski definition) is 2. The Kier molecular flexibility index (Phi) is 8.76. The minimum atomic E-state index is -5.23. The van der Waals surface area contributed by atoms with Gasteiger partial charge in [-0.3, -0.25) is 0 Å². The van der Waals surface area contributed by atoms with Crippen molar-refractivity contribution in [1.82, 2.24) is 0 Å². The van der Waals surface area contributed by atoms with Crippen LogP contribution in [0.1, 0.15) is 0 Å². The number of rotatable bonds is 6. The van der Waals surface area contributed by atoms with Crippen LogP contribution < -0.4 is 61.6 Å². The van der Waals surface area contributed by atoms with Crippen molar-refractivity contribution in [3.63, 3.8) is 0 Å². The number of ether oxygens (including phenoxy) is 2. The molecule has 20 heavy (non-hydrogen) atoms. The van der Waals surface area contributed by atoms with Gasteiger partial charge in [0, 0.05) is 0 Å². The second kappa shape index (κ2) is 8.64. The summed E-state index contributed by atoms with van der Waals surface area (Å²) in [4.78, 5) is 0. The molecule has 0 aromatic heterocycles. The first-order valence-corrected chi connectivity index (χ1v) is 5.26. The van der Waals surface area contributed by atoms with Crippen LogP contribution in [-0.4, -0.2) is 33.0 Å². The zero-order chi connectivity index (χ0) is 14.5. The van der Waals surface area contributed by atoms with Crippen LogP contribution in [0.2, 0.25) is 0 Å². The molecule has 2 nitrogen and oxygen atoms in total. The summed E-state index contributed by atoms with van der Waals surface area (Å²) >= 11 is 0. The van der Waals surface area contributed by atoms with Crippen LogP contribution in [0.15, 0.2) is 24.3 Å². The maximum atomic E-state index is 12.6. The van der Waals surface area contributed by atoms with E-state index in [1.165, 1.54) is 12.1 Å². The summed E-state index contributed by atoms with van der Waals surface area (Å²) in [5.74, 6) is -0.411. The molecule has 0 N–H and O–H groups in total. The van der Waals surface area contributed by atoms with Gasteiger partial charge < -0.3 is 22.4 Å². The molecule has 1 aromatic rings. The summed E-state index contributed by atoms with van der Waals surface area (Å²) in [5, 5.41) is 0. The minimum absolute atomic E-state index is 0.